The molecule has 0 aliphatic carbocycles. The zero-order valence-electron chi connectivity index (χ0n) is 15.2. The molecule has 1 atom stereocenters. The summed E-state index contributed by atoms with van der Waals surface area (Å²) >= 11 is 0. The van der Waals surface area contributed by atoms with Gasteiger partial charge in [-0.15, -0.1) is 0 Å². The molecule has 0 unspecified atom stereocenters. The van der Waals surface area contributed by atoms with Crippen molar-refractivity contribution in [3.63, 3.8) is 0 Å². The maximum absolute atomic E-state index is 12.4. The smallest absolute Gasteiger partial charge is 0.242 e. The predicted octanol–water partition coefficient (Wildman–Crippen LogP) is 2.90. The van der Waals surface area contributed by atoms with E-state index in [0.29, 0.717) is 18.7 Å². The van der Waals surface area contributed by atoms with Crippen molar-refractivity contribution in [2.45, 2.75) is 39.3 Å². The highest BCUT2D eigenvalue weighted by Gasteiger charge is 2.21. The minimum Gasteiger partial charge on any atom is -0.493 e. The Morgan fingerprint density at radius 2 is 1.88 bits per heavy atom. The summed E-state index contributed by atoms with van der Waals surface area (Å²) in [5.74, 6) is 1.24. The fraction of sp³-hybridized carbons (Fsp3) is 0.400. The van der Waals surface area contributed by atoms with E-state index in [9.17, 15) is 9.59 Å². The van der Waals surface area contributed by atoms with Crippen molar-refractivity contribution in [2.75, 3.05) is 6.61 Å². The number of amides is 2. The third-order valence-corrected chi connectivity index (χ3v) is 3.72. The van der Waals surface area contributed by atoms with Crippen molar-refractivity contribution in [3.05, 3.63) is 54.5 Å². The summed E-state index contributed by atoms with van der Waals surface area (Å²) in [6.45, 7) is 4.58. The molecule has 2 amide bonds. The Hall–Kier alpha value is -2.76. The zero-order valence-corrected chi connectivity index (χ0v) is 15.2. The molecule has 0 saturated heterocycles. The van der Waals surface area contributed by atoms with E-state index in [2.05, 4.69) is 10.6 Å². The molecule has 0 radical (unpaired) electrons. The van der Waals surface area contributed by atoms with Crippen LogP contribution in [0.1, 0.15) is 32.4 Å². The number of carbonyl (C=O) groups is 2. The van der Waals surface area contributed by atoms with Crippen molar-refractivity contribution in [1.82, 2.24) is 10.6 Å². The van der Waals surface area contributed by atoms with Gasteiger partial charge in [0.1, 0.15) is 17.6 Å². The van der Waals surface area contributed by atoms with E-state index in [1.165, 1.54) is 0 Å². The molecule has 0 bridgehead atoms. The van der Waals surface area contributed by atoms with Gasteiger partial charge in [-0.1, -0.05) is 32.0 Å². The molecule has 2 N–H and O–H groups in total. The number of carbonyl (C=O) groups excluding carboxylic acids is 2. The highest BCUT2D eigenvalue weighted by Crippen LogP contribution is 2.09. The maximum atomic E-state index is 12.4. The number of hydrogen-bond acceptors (Lipinski definition) is 4. The largest absolute Gasteiger partial charge is 0.493 e. The van der Waals surface area contributed by atoms with Crippen molar-refractivity contribution in [2.24, 2.45) is 5.92 Å². The minimum absolute atomic E-state index is 0.189. The Morgan fingerprint density at radius 3 is 2.54 bits per heavy atom. The molecule has 26 heavy (non-hydrogen) atoms. The lowest BCUT2D eigenvalue weighted by Gasteiger charge is -2.20. The Kier molecular flexibility index (Phi) is 7.74. The van der Waals surface area contributed by atoms with Crippen LogP contribution in [0.25, 0.3) is 0 Å². The van der Waals surface area contributed by atoms with Crippen LogP contribution in [0.15, 0.2) is 53.1 Å². The molecule has 0 fully saturated rings. The molecular weight excluding hydrogens is 332 g/mol. The van der Waals surface area contributed by atoms with Gasteiger partial charge in [0.05, 0.1) is 25.8 Å². The van der Waals surface area contributed by atoms with E-state index in [1.54, 1.807) is 18.4 Å². The second-order valence-corrected chi connectivity index (χ2v) is 6.46. The lowest BCUT2D eigenvalue weighted by Crippen LogP contribution is -2.47. The van der Waals surface area contributed by atoms with Crippen molar-refractivity contribution >= 4 is 11.8 Å². The molecule has 0 saturated carbocycles. The maximum Gasteiger partial charge on any atom is 0.242 e. The molecule has 6 nitrogen and oxygen atoms in total. The average Bonchev–Trinajstić information content (AvgIpc) is 3.13. The zero-order chi connectivity index (χ0) is 18.8. The van der Waals surface area contributed by atoms with Crippen LogP contribution in [0.4, 0.5) is 0 Å². The minimum atomic E-state index is -0.575. The second-order valence-electron chi connectivity index (χ2n) is 6.46. The molecule has 0 spiro atoms. The molecule has 2 aromatic rings. The molecule has 1 aromatic heterocycles. The summed E-state index contributed by atoms with van der Waals surface area (Å²) in [5.41, 5.74) is 0. The fourth-order valence-corrected chi connectivity index (χ4v) is 2.46. The number of ether oxygens (including phenoxy) is 1. The van der Waals surface area contributed by atoms with E-state index in [1.807, 2.05) is 44.2 Å². The Balaban J connectivity index is 1.79. The van der Waals surface area contributed by atoms with Crippen LogP contribution in [0.3, 0.4) is 0 Å². The van der Waals surface area contributed by atoms with Gasteiger partial charge in [-0.3, -0.25) is 9.59 Å². The van der Waals surface area contributed by atoms with Gasteiger partial charge in [0.2, 0.25) is 11.8 Å². The van der Waals surface area contributed by atoms with Crippen LogP contribution in [0.5, 0.6) is 5.75 Å². The summed E-state index contributed by atoms with van der Waals surface area (Å²) in [4.78, 5) is 24.6. The first-order valence-electron chi connectivity index (χ1n) is 8.82. The van der Waals surface area contributed by atoms with Crippen molar-refractivity contribution < 1.29 is 18.7 Å². The number of rotatable bonds is 10. The van der Waals surface area contributed by atoms with Crippen LogP contribution < -0.4 is 15.4 Å². The Morgan fingerprint density at radius 1 is 1.12 bits per heavy atom. The summed E-state index contributed by atoms with van der Waals surface area (Å²) in [5, 5.41) is 5.60. The molecular formula is C20H26N2O4. The molecule has 1 aromatic carbocycles. The van der Waals surface area contributed by atoms with Gasteiger partial charge in [0.25, 0.3) is 0 Å². The van der Waals surface area contributed by atoms with Gasteiger partial charge in [-0.25, -0.2) is 0 Å². The number of para-hydroxylation sites is 1. The van der Waals surface area contributed by atoms with Gasteiger partial charge in [0, 0.05) is 0 Å². The SMILES string of the molecule is CC(C)C[C@H](NC(=O)CCOc1ccccc1)C(=O)NCc1ccco1. The Bertz CT molecular complexity index is 668. The van der Waals surface area contributed by atoms with Crippen LogP contribution in [0.2, 0.25) is 0 Å². The monoisotopic (exact) mass is 358 g/mol. The van der Waals surface area contributed by atoms with Crippen LogP contribution in [-0.4, -0.2) is 24.5 Å². The molecule has 140 valence electrons. The standard InChI is InChI=1S/C20H26N2O4/c1-15(2)13-18(20(24)21-14-17-9-6-11-25-17)22-19(23)10-12-26-16-7-4-3-5-8-16/h3-9,11,15,18H,10,12-14H2,1-2H3,(H,21,24)(H,22,23)/t18-/m0/s1. The average molecular weight is 358 g/mol. The van der Waals surface area contributed by atoms with E-state index in [4.69, 9.17) is 9.15 Å². The first kappa shape index (κ1) is 19.6. The molecule has 0 aliphatic heterocycles. The number of nitrogens with one attached hydrogen (secondary N) is 2. The van der Waals surface area contributed by atoms with Crippen LogP contribution >= 0.6 is 0 Å². The van der Waals surface area contributed by atoms with Gasteiger partial charge in [-0.05, 0) is 36.6 Å². The summed E-state index contributed by atoms with van der Waals surface area (Å²) in [6, 6.07) is 12.3. The van der Waals surface area contributed by atoms with E-state index >= 15 is 0 Å². The van der Waals surface area contributed by atoms with E-state index < -0.39 is 6.04 Å². The fourth-order valence-electron chi connectivity index (χ4n) is 2.46. The van der Waals surface area contributed by atoms with Crippen LogP contribution in [-0.2, 0) is 16.1 Å². The van der Waals surface area contributed by atoms with Crippen molar-refractivity contribution in [1.29, 1.82) is 0 Å². The van der Waals surface area contributed by atoms with Gasteiger partial charge in [-0.2, -0.15) is 0 Å². The first-order valence-corrected chi connectivity index (χ1v) is 8.82. The normalized spacial score (nSPS) is 11.8. The predicted molar refractivity (Wildman–Crippen MR) is 98.5 cm³/mol. The van der Waals surface area contributed by atoms with Gasteiger partial charge < -0.3 is 19.8 Å². The first-order chi connectivity index (χ1) is 12.5. The molecule has 2 rings (SSSR count). The number of hydrogen-bond donors (Lipinski definition) is 2. The third-order valence-electron chi connectivity index (χ3n) is 3.72. The van der Waals surface area contributed by atoms with E-state index in [0.717, 1.165) is 5.75 Å². The number of furan rings is 1. The summed E-state index contributed by atoms with van der Waals surface area (Å²) < 4.78 is 10.7. The van der Waals surface area contributed by atoms with Crippen LogP contribution in [0, 0.1) is 5.92 Å². The van der Waals surface area contributed by atoms with E-state index in [-0.39, 0.29) is 30.8 Å². The number of benzene rings is 1. The summed E-state index contributed by atoms with van der Waals surface area (Å²) in [7, 11) is 0. The quantitative estimate of drug-likeness (QED) is 0.684. The lowest BCUT2D eigenvalue weighted by atomic mass is 10.0. The Labute approximate surface area is 153 Å². The topological polar surface area (TPSA) is 80.6 Å². The molecule has 6 heteroatoms. The molecule has 1 heterocycles. The second kappa shape index (κ2) is 10.3. The molecule has 0 aliphatic rings. The highest BCUT2D eigenvalue weighted by atomic mass is 16.5. The lowest BCUT2D eigenvalue weighted by molar-refractivity contribution is -0.129. The third kappa shape index (κ3) is 7.01. The van der Waals surface area contributed by atoms with Gasteiger partial charge >= 0.3 is 0 Å². The van der Waals surface area contributed by atoms with Gasteiger partial charge in [0.15, 0.2) is 0 Å². The highest BCUT2D eigenvalue weighted by molar-refractivity contribution is 5.87. The van der Waals surface area contributed by atoms with Crippen molar-refractivity contribution in [3.8, 4) is 5.75 Å². The summed E-state index contributed by atoms with van der Waals surface area (Å²) in [6.07, 6.45) is 2.31.